The van der Waals surface area contributed by atoms with E-state index >= 15 is 0 Å². The SMILES string of the molecule is C[Si]1(c2cc(OS(=O)(=O)C(F)(F)F)cc3ccccc23)CCCC1. The largest absolute Gasteiger partial charge is 0.534 e. The Morgan fingerprint density at radius 1 is 1.08 bits per heavy atom. The van der Waals surface area contributed by atoms with Crippen LogP contribution < -0.4 is 9.37 Å². The molecule has 0 aliphatic carbocycles. The fourth-order valence-corrected chi connectivity index (χ4v) is 8.09. The summed E-state index contributed by atoms with van der Waals surface area (Å²) in [7, 11) is -7.50. The molecule has 24 heavy (non-hydrogen) atoms. The molecular weight excluding hydrogens is 357 g/mol. The van der Waals surface area contributed by atoms with Crippen LogP contribution in [-0.2, 0) is 10.1 Å². The van der Waals surface area contributed by atoms with Crippen LogP contribution in [-0.4, -0.2) is 22.0 Å². The summed E-state index contributed by atoms with van der Waals surface area (Å²) in [6, 6.07) is 12.3. The second kappa shape index (κ2) is 5.77. The van der Waals surface area contributed by atoms with Gasteiger partial charge in [-0.15, -0.1) is 0 Å². The quantitative estimate of drug-likeness (QED) is 0.461. The minimum absolute atomic E-state index is 0.262. The highest BCUT2D eigenvalue weighted by atomic mass is 32.2. The number of hydrogen-bond acceptors (Lipinski definition) is 3. The average molecular weight is 374 g/mol. The van der Waals surface area contributed by atoms with Crippen molar-refractivity contribution in [3.63, 3.8) is 0 Å². The molecule has 3 rings (SSSR count). The zero-order chi connectivity index (χ0) is 17.6. The minimum atomic E-state index is -5.66. The van der Waals surface area contributed by atoms with Gasteiger partial charge in [0.25, 0.3) is 0 Å². The summed E-state index contributed by atoms with van der Waals surface area (Å²) in [5.74, 6) is -0.262. The summed E-state index contributed by atoms with van der Waals surface area (Å²) >= 11 is 0. The standard InChI is InChI=1S/C16H17F3O3SSi/c1-24(8-4-5-9-24)15-11-13(22-23(20,21)16(17,18)19)10-12-6-2-3-7-14(12)15/h2-3,6-7,10-11H,4-5,8-9H2,1H3. The number of halogens is 3. The minimum Gasteiger partial charge on any atom is -0.376 e. The van der Waals surface area contributed by atoms with Crippen molar-refractivity contribution in [2.45, 2.75) is 37.0 Å². The zero-order valence-corrected chi connectivity index (χ0v) is 14.9. The molecule has 0 atom stereocenters. The maximum Gasteiger partial charge on any atom is 0.534 e. The first kappa shape index (κ1) is 17.3. The van der Waals surface area contributed by atoms with E-state index in [-0.39, 0.29) is 5.75 Å². The first-order chi connectivity index (χ1) is 11.1. The van der Waals surface area contributed by atoms with Gasteiger partial charge in [-0.25, -0.2) is 0 Å². The lowest BCUT2D eigenvalue weighted by Gasteiger charge is -2.24. The molecule has 0 unspecified atom stereocenters. The Morgan fingerprint density at radius 3 is 2.33 bits per heavy atom. The van der Waals surface area contributed by atoms with Gasteiger partial charge in [0.1, 0.15) is 5.75 Å². The lowest BCUT2D eigenvalue weighted by molar-refractivity contribution is -0.0500. The number of fused-ring (bicyclic) bond motifs is 1. The summed E-state index contributed by atoms with van der Waals surface area (Å²) in [5, 5.41) is 2.65. The van der Waals surface area contributed by atoms with E-state index in [2.05, 4.69) is 10.7 Å². The van der Waals surface area contributed by atoms with Crippen molar-refractivity contribution in [3.05, 3.63) is 36.4 Å². The molecule has 2 aromatic rings. The highest BCUT2D eigenvalue weighted by molar-refractivity contribution is 7.88. The van der Waals surface area contributed by atoms with E-state index in [1.165, 1.54) is 12.1 Å². The summed E-state index contributed by atoms with van der Waals surface area (Å²) in [5.41, 5.74) is -5.44. The van der Waals surface area contributed by atoms with Crippen LogP contribution in [0.15, 0.2) is 36.4 Å². The molecule has 1 aliphatic rings. The Labute approximate surface area is 139 Å². The Hall–Kier alpha value is -1.54. The van der Waals surface area contributed by atoms with Gasteiger partial charge in [0, 0.05) is 0 Å². The van der Waals surface area contributed by atoms with Gasteiger partial charge in [0.2, 0.25) is 0 Å². The third kappa shape index (κ3) is 3.04. The van der Waals surface area contributed by atoms with E-state index in [0.29, 0.717) is 5.39 Å². The maximum atomic E-state index is 12.6. The fourth-order valence-electron chi connectivity index (χ4n) is 3.43. The molecule has 8 heteroatoms. The molecule has 0 saturated carbocycles. The third-order valence-corrected chi connectivity index (χ3v) is 10.3. The van der Waals surface area contributed by atoms with E-state index in [1.54, 1.807) is 12.1 Å². The molecule has 0 radical (unpaired) electrons. The van der Waals surface area contributed by atoms with Crippen molar-refractivity contribution in [2.75, 3.05) is 0 Å². The number of hydrogen-bond donors (Lipinski definition) is 0. The van der Waals surface area contributed by atoms with Crippen LogP contribution in [0.5, 0.6) is 5.75 Å². The fraction of sp³-hybridized carbons (Fsp3) is 0.375. The van der Waals surface area contributed by atoms with Crippen molar-refractivity contribution in [2.24, 2.45) is 0 Å². The average Bonchev–Trinajstić information content (AvgIpc) is 2.93. The summed E-state index contributed by atoms with van der Waals surface area (Å²) in [6.45, 7) is 2.20. The predicted molar refractivity (Wildman–Crippen MR) is 89.7 cm³/mol. The second-order valence-corrected chi connectivity index (χ2v) is 12.6. The number of rotatable bonds is 3. The van der Waals surface area contributed by atoms with Crippen molar-refractivity contribution in [1.29, 1.82) is 0 Å². The molecule has 0 spiro atoms. The Kier molecular flexibility index (Phi) is 4.15. The van der Waals surface area contributed by atoms with Crippen LogP contribution >= 0.6 is 0 Å². The highest BCUT2D eigenvalue weighted by Gasteiger charge is 2.48. The second-order valence-electron chi connectivity index (χ2n) is 6.44. The Morgan fingerprint density at radius 2 is 1.71 bits per heavy atom. The molecular formula is C16H17F3O3SSi. The van der Waals surface area contributed by atoms with Crippen LogP contribution in [0.1, 0.15) is 12.8 Å². The van der Waals surface area contributed by atoms with Gasteiger partial charge >= 0.3 is 15.6 Å². The van der Waals surface area contributed by atoms with E-state index in [0.717, 1.165) is 35.5 Å². The first-order valence-corrected chi connectivity index (χ1v) is 12.0. The van der Waals surface area contributed by atoms with Crippen LogP contribution in [0, 0.1) is 0 Å². The van der Waals surface area contributed by atoms with Crippen LogP contribution in [0.2, 0.25) is 18.6 Å². The smallest absolute Gasteiger partial charge is 0.376 e. The molecule has 1 fully saturated rings. The molecule has 2 aromatic carbocycles. The summed E-state index contributed by atoms with van der Waals surface area (Å²) in [6.07, 6.45) is 2.20. The molecule has 1 aliphatic heterocycles. The maximum absolute atomic E-state index is 12.6. The van der Waals surface area contributed by atoms with Crippen molar-refractivity contribution in [1.82, 2.24) is 0 Å². The monoisotopic (exact) mass is 374 g/mol. The molecule has 1 saturated heterocycles. The highest BCUT2D eigenvalue weighted by Crippen LogP contribution is 2.34. The number of alkyl halides is 3. The molecule has 0 aromatic heterocycles. The van der Waals surface area contributed by atoms with Crippen molar-refractivity contribution < 1.29 is 25.8 Å². The summed E-state index contributed by atoms with van der Waals surface area (Å²) in [4.78, 5) is 0. The van der Waals surface area contributed by atoms with E-state index in [4.69, 9.17) is 0 Å². The zero-order valence-electron chi connectivity index (χ0n) is 13.1. The van der Waals surface area contributed by atoms with Crippen LogP contribution in [0.4, 0.5) is 13.2 Å². The molecule has 0 N–H and O–H groups in total. The van der Waals surface area contributed by atoms with E-state index in [9.17, 15) is 21.6 Å². The lowest BCUT2D eigenvalue weighted by Crippen LogP contribution is -2.42. The van der Waals surface area contributed by atoms with Gasteiger partial charge in [-0.1, -0.05) is 55.7 Å². The predicted octanol–water partition coefficient (Wildman–Crippen LogP) is 4.15. The Bertz CT molecular complexity index is 872. The summed E-state index contributed by atoms with van der Waals surface area (Å²) < 4.78 is 64.9. The molecule has 130 valence electrons. The molecule has 0 bridgehead atoms. The van der Waals surface area contributed by atoms with Crippen molar-refractivity contribution >= 4 is 34.2 Å². The van der Waals surface area contributed by atoms with Crippen molar-refractivity contribution in [3.8, 4) is 5.75 Å². The number of benzene rings is 2. The molecule has 0 amide bonds. The van der Waals surface area contributed by atoms with Crippen LogP contribution in [0.25, 0.3) is 10.8 Å². The normalized spacial score (nSPS) is 18.0. The van der Waals surface area contributed by atoms with Crippen LogP contribution in [0.3, 0.4) is 0 Å². The first-order valence-electron chi connectivity index (χ1n) is 7.66. The van der Waals surface area contributed by atoms with Gasteiger partial charge < -0.3 is 4.18 Å². The third-order valence-electron chi connectivity index (χ3n) is 4.68. The van der Waals surface area contributed by atoms with Gasteiger partial charge in [0.05, 0.1) is 8.07 Å². The van der Waals surface area contributed by atoms with Gasteiger partial charge in [-0.05, 0) is 28.1 Å². The van der Waals surface area contributed by atoms with E-state index in [1.807, 2.05) is 12.1 Å². The molecule has 3 nitrogen and oxygen atoms in total. The molecule has 1 heterocycles. The van der Waals surface area contributed by atoms with E-state index < -0.39 is 23.7 Å². The lowest BCUT2D eigenvalue weighted by atomic mass is 10.1. The Balaban J connectivity index is 2.14. The van der Waals surface area contributed by atoms with Gasteiger partial charge in [0.15, 0.2) is 0 Å². The topological polar surface area (TPSA) is 43.4 Å². The van der Waals surface area contributed by atoms with Gasteiger partial charge in [-0.3, -0.25) is 0 Å². The van der Waals surface area contributed by atoms with Gasteiger partial charge in [-0.2, -0.15) is 21.6 Å².